The lowest BCUT2D eigenvalue weighted by atomic mass is 9.96. The average molecular weight is 348 g/mol. The van der Waals surface area contributed by atoms with Crippen molar-refractivity contribution in [2.75, 3.05) is 25.4 Å². The summed E-state index contributed by atoms with van der Waals surface area (Å²) in [5, 5.41) is 17.7. The lowest BCUT2D eigenvalue weighted by Crippen LogP contribution is -2.45. The fourth-order valence-electron chi connectivity index (χ4n) is 3.63. The number of aryl methyl sites for hydroxylation is 1. The molecule has 3 rings (SSSR count). The largest absolute Gasteiger partial charge is 0.383 e. The Hall–Kier alpha value is -1.20. The monoisotopic (exact) mass is 347 g/mol. The summed E-state index contributed by atoms with van der Waals surface area (Å²) in [4.78, 5) is 4.78. The van der Waals surface area contributed by atoms with Crippen molar-refractivity contribution >= 4 is 17.7 Å². The highest BCUT2D eigenvalue weighted by molar-refractivity contribution is 8.00. The van der Waals surface area contributed by atoms with Gasteiger partial charge in [-0.15, -0.1) is 0 Å². The third-order valence-electron chi connectivity index (χ3n) is 5.09. The van der Waals surface area contributed by atoms with Crippen molar-refractivity contribution in [3.63, 3.8) is 0 Å². The molecule has 0 radical (unpaired) electrons. The highest BCUT2D eigenvalue weighted by Crippen LogP contribution is 2.38. The Morgan fingerprint density at radius 2 is 2.12 bits per heavy atom. The van der Waals surface area contributed by atoms with Crippen LogP contribution in [0.5, 0.6) is 0 Å². The van der Waals surface area contributed by atoms with Gasteiger partial charge in [-0.3, -0.25) is 4.99 Å². The number of fused-ring (bicyclic) bond motifs is 1. The highest BCUT2D eigenvalue weighted by Gasteiger charge is 2.36. The third-order valence-corrected chi connectivity index (χ3v) is 6.61. The van der Waals surface area contributed by atoms with E-state index in [1.165, 1.54) is 24.2 Å². The summed E-state index contributed by atoms with van der Waals surface area (Å²) in [6.07, 6.45) is 4.23. The van der Waals surface area contributed by atoms with Gasteiger partial charge in [-0.2, -0.15) is 11.8 Å². The van der Waals surface area contributed by atoms with Crippen LogP contribution >= 0.6 is 11.8 Å². The van der Waals surface area contributed by atoms with Crippen LogP contribution in [-0.2, 0) is 12.0 Å². The normalized spacial score (nSPS) is 29.5. The fourth-order valence-corrected chi connectivity index (χ4v) is 4.86. The van der Waals surface area contributed by atoms with Gasteiger partial charge >= 0.3 is 0 Å². The highest BCUT2D eigenvalue weighted by atomic mass is 32.2. The van der Waals surface area contributed by atoms with Crippen LogP contribution in [0.4, 0.5) is 0 Å². The van der Waals surface area contributed by atoms with Gasteiger partial charge in [0.1, 0.15) is 5.60 Å². The molecule has 2 aliphatic rings. The summed E-state index contributed by atoms with van der Waals surface area (Å²) in [7, 11) is 0. The lowest BCUT2D eigenvalue weighted by molar-refractivity contribution is 0.0432. The summed E-state index contributed by atoms with van der Waals surface area (Å²) in [5.41, 5.74) is 1.53. The molecule has 2 atom stereocenters. The maximum atomic E-state index is 11.0. The molecule has 5 heteroatoms. The van der Waals surface area contributed by atoms with Gasteiger partial charge in [0.15, 0.2) is 5.96 Å². The smallest absolute Gasteiger partial charge is 0.191 e. The Balaban J connectivity index is 1.64. The van der Waals surface area contributed by atoms with Gasteiger partial charge in [0.2, 0.25) is 0 Å². The molecule has 24 heavy (non-hydrogen) atoms. The summed E-state index contributed by atoms with van der Waals surface area (Å²) < 4.78 is 0.263. The second-order valence-corrected chi connectivity index (χ2v) is 8.82. The zero-order valence-corrected chi connectivity index (χ0v) is 15.6. The summed E-state index contributed by atoms with van der Waals surface area (Å²) in [6, 6.07) is 8.21. The van der Waals surface area contributed by atoms with Crippen LogP contribution in [0.15, 0.2) is 29.3 Å². The van der Waals surface area contributed by atoms with E-state index in [0.717, 1.165) is 37.5 Å². The molecule has 2 unspecified atom stereocenters. The van der Waals surface area contributed by atoms with Crippen LogP contribution in [0.1, 0.15) is 44.2 Å². The number of aliphatic imine (C=N–C) groups is 1. The number of rotatable bonds is 5. The first-order valence-electron chi connectivity index (χ1n) is 9.02. The van der Waals surface area contributed by atoms with Gasteiger partial charge in [0.05, 0.1) is 13.1 Å². The van der Waals surface area contributed by atoms with Gasteiger partial charge in [0.25, 0.3) is 0 Å². The molecule has 1 fully saturated rings. The van der Waals surface area contributed by atoms with Crippen molar-refractivity contribution < 1.29 is 5.11 Å². The van der Waals surface area contributed by atoms with Crippen molar-refractivity contribution in [2.24, 2.45) is 4.99 Å². The quantitative estimate of drug-likeness (QED) is 0.566. The van der Waals surface area contributed by atoms with E-state index in [1.54, 1.807) is 0 Å². The molecule has 0 saturated carbocycles. The van der Waals surface area contributed by atoms with Crippen molar-refractivity contribution in [1.82, 2.24) is 10.6 Å². The van der Waals surface area contributed by atoms with E-state index in [0.29, 0.717) is 6.54 Å². The first-order chi connectivity index (χ1) is 11.5. The number of thioether (sulfide) groups is 1. The van der Waals surface area contributed by atoms with E-state index in [2.05, 4.69) is 30.5 Å². The van der Waals surface area contributed by atoms with Crippen LogP contribution in [-0.4, -0.2) is 41.2 Å². The molecule has 0 bridgehead atoms. The van der Waals surface area contributed by atoms with E-state index in [9.17, 15) is 5.11 Å². The molecule has 1 heterocycles. The second-order valence-electron chi connectivity index (χ2n) is 7.14. The number of benzene rings is 1. The minimum atomic E-state index is -0.793. The zero-order valence-electron chi connectivity index (χ0n) is 14.8. The van der Waals surface area contributed by atoms with Crippen molar-refractivity contribution in [2.45, 2.75) is 49.9 Å². The Kier molecular flexibility index (Phi) is 5.40. The van der Waals surface area contributed by atoms with E-state index in [-0.39, 0.29) is 4.75 Å². The van der Waals surface area contributed by atoms with Crippen LogP contribution in [0, 0.1) is 0 Å². The number of nitrogens with zero attached hydrogens (tertiary/aromatic N) is 1. The van der Waals surface area contributed by atoms with E-state index >= 15 is 0 Å². The number of aliphatic hydroxyl groups is 1. The number of nitrogens with one attached hydrogen (secondary N) is 2. The molecular formula is C19H29N3OS. The van der Waals surface area contributed by atoms with Crippen LogP contribution < -0.4 is 10.6 Å². The van der Waals surface area contributed by atoms with Crippen LogP contribution in [0.3, 0.4) is 0 Å². The summed E-state index contributed by atoms with van der Waals surface area (Å²) in [6.45, 7) is 6.52. The van der Waals surface area contributed by atoms with Crippen molar-refractivity contribution in [1.29, 1.82) is 0 Å². The summed E-state index contributed by atoms with van der Waals surface area (Å²) in [5.74, 6) is 2.05. The predicted octanol–water partition coefficient (Wildman–Crippen LogP) is 2.66. The topological polar surface area (TPSA) is 56.7 Å². The number of hydrogen-bond acceptors (Lipinski definition) is 3. The SMILES string of the molecule is CCNC(=NCC1(C)CCCS1)NCC1(O)CCc2ccccc21. The van der Waals surface area contributed by atoms with E-state index in [1.807, 2.05) is 30.0 Å². The van der Waals surface area contributed by atoms with Gasteiger partial charge in [-0.05, 0) is 56.4 Å². The van der Waals surface area contributed by atoms with Crippen molar-refractivity contribution in [3.8, 4) is 0 Å². The molecule has 1 saturated heterocycles. The first-order valence-corrected chi connectivity index (χ1v) is 10.0. The second kappa shape index (κ2) is 7.36. The third kappa shape index (κ3) is 3.89. The minimum Gasteiger partial charge on any atom is -0.383 e. The molecule has 132 valence electrons. The molecule has 0 spiro atoms. The molecule has 3 N–H and O–H groups in total. The van der Waals surface area contributed by atoms with Crippen LogP contribution in [0.25, 0.3) is 0 Å². The Labute approximate surface area is 149 Å². The standard InChI is InChI=1S/C19H29N3OS/c1-3-20-17(21-13-18(2)10-6-12-24-18)22-14-19(23)11-9-15-7-4-5-8-16(15)19/h4-5,7-8,23H,3,6,9-14H2,1-2H3,(H2,20,21,22). The molecule has 4 nitrogen and oxygen atoms in total. The molecule has 1 aliphatic heterocycles. The molecule has 1 aliphatic carbocycles. The zero-order chi connectivity index (χ0) is 17.0. The van der Waals surface area contributed by atoms with E-state index in [4.69, 9.17) is 4.99 Å². The van der Waals surface area contributed by atoms with Gasteiger partial charge in [-0.1, -0.05) is 24.3 Å². The molecular weight excluding hydrogens is 318 g/mol. The maximum absolute atomic E-state index is 11.0. The summed E-state index contributed by atoms with van der Waals surface area (Å²) >= 11 is 2.03. The van der Waals surface area contributed by atoms with Gasteiger partial charge < -0.3 is 15.7 Å². The molecule has 0 amide bonds. The number of guanidine groups is 1. The van der Waals surface area contributed by atoms with Gasteiger partial charge in [-0.25, -0.2) is 0 Å². The Bertz CT molecular complexity index is 598. The van der Waals surface area contributed by atoms with E-state index < -0.39 is 5.60 Å². The number of hydrogen-bond donors (Lipinski definition) is 3. The van der Waals surface area contributed by atoms with Crippen molar-refractivity contribution in [3.05, 3.63) is 35.4 Å². The fraction of sp³-hybridized carbons (Fsp3) is 0.632. The predicted molar refractivity (Wildman–Crippen MR) is 103 cm³/mol. The first kappa shape index (κ1) is 17.6. The molecule has 1 aromatic rings. The molecule has 0 aromatic heterocycles. The Morgan fingerprint density at radius 3 is 2.88 bits per heavy atom. The lowest BCUT2D eigenvalue weighted by Gasteiger charge is -2.26. The Morgan fingerprint density at radius 1 is 1.29 bits per heavy atom. The average Bonchev–Trinajstić information content (AvgIpc) is 3.16. The minimum absolute atomic E-state index is 0.263. The maximum Gasteiger partial charge on any atom is 0.191 e. The van der Waals surface area contributed by atoms with Crippen LogP contribution in [0.2, 0.25) is 0 Å². The van der Waals surface area contributed by atoms with Gasteiger partial charge in [0, 0.05) is 11.3 Å². The molecule has 1 aromatic carbocycles.